The molecule has 0 aliphatic carbocycles. The first-order chi connectivity index (χ1) is 16.2. The number of aromatic nitrogens is 3. The third kappa shape index (κ3) is 3.19. The Hall–Kier alpha value is -4.02. The summed E-state index contributed by atoms with van der Waals surface area (Å²) in [6, 6.07) is 38.1. The molecular weight excluding hydrogens is 406 g/mol. The van der Waals surface area contributed by atoms with E-state index in [9.17, 15) is 5.11 Å². The normalized spacial score (nSPS) is 15.0. The highest BCUT2D eigenvalue weighted by atomic mass is 16.3. The minimum absolute atomic E-state index is 0.273. The topological polar surface area (TPSA) is 41.9 Å². The molecule has 33 heavy (non-hydrogen) atoms. The van der Waals surface area contributed by atoms with Crippen molar-refractivity contribution in [1.29, 1.82) is 0 Å². The van der Waals surface area contributed by atoms with Crippen molar-refractivity contribution in [2.24, 2.45) is 0 Å². The van der Waals surface area contributed by atoms with Crippen LogP contribution in [0, 0.1) is 0 Å². The van der Waals surface area contributed by atoms with Crippen LogP contribution in [0.4, 0.5) is 0 Å². The fraction of sp³-hybridized carbons (Fsp3) is 0.103. The summed E-state index contributed by atoms with van der Waals surface area (Å²) >= 11 is 0. The first kappa shape index (κ1) is 19.6. The predicted octanol–water partition coefficient (Wildman–Crippen LogP) is 4.86. The van der Waals surface area contributed by atoms with E-state index in [1.807, 2.05) is 108 Å². The maximum atomic E-state index is 12.6. The summed E-state index contributed by atoms with van der Waals surface area (Å²) in [6.45, 7) is 0. The molecule has 1 aliphatic heterocycles. The highest BCUT2D eigenvalue weighted by Gasteiger charge is 2.48. The van der Waals surface area contributed by atoms with Crippen molar-refractivity contribution in [1.82, 2.24) is 9.78 Å². The zero-order chi connectivity index (χ0) is 22.3. The molecule has 1 aromatic heterocycles. The van der Waals surface area contributed by atoms with Gasteiger partial charge in [0.15, 0.2) is 0 Å². The van der Waals surface area contributed by atoms with Gasteiger partial charge in [-0.1, -0.05) is 102 Å². The molecule has 0 amide bonds. The van der Waals surface area contributed by atoms with Gasteiger partial charge in [-0.25, -0.2) is 4.57 Å². The number of nitrogens with zero attached hydrogens (tertiary/aromatic N) is 3. The van der Waals surface area contributed by atoms with Crippen molar-refractivity contribution < 1.29 is 9.67 Å². The molecule has 0 radical (unpaired) electrons. The van der Waals surface area contributed by atoms with Crippen LogP contribution in [0.2, 0.25) is 0 Å². The molecule has 0 spiro atoms. The van der Waals surface area contributed by atoms with Crippen LogP contribution in [-0.2, 0) is 12.0 Å². The second-order valence-electron chi connectivity index (χ2n) is 8.50. The average molecular weight is 431 g/mol. The summed E-state index contributed by atoms with van der Waals surface area (Å²) in [5.74, 6) is 0.857. The molecule has 160 valence electrons. The Morgan fingerprint density at radius 2 is 1.27 bits per heavy atom. The van der Waals surface area contributed by atoms with Gasteiger partial charge in [-0.15, -0.1) is 0 Å². The van der Waals surface area contributed by atoms with Crippen LogP contribution in [0.15, 0.2) is 122 Å². The Balaban J connectivity index is 1.61. The molecule has 6 rings (SSSR count). The average Bonchev–Trinajstić information content (AvgIpc) is 3.35. The molecule has 5 aromatic rings. The summed E-state index contributed by atoms with van der Waals surface area (Å²) < 4.78 is 4.05. The lowest BCUT2D eigenvalue weighted by Crippen LogP contribution is -2.55. The quantitative estimate of drug-likeness (QED) is 0.414. The summed E-state index contributed by atoms with van der Waals surface area (Å²) in [7, 11) is 0. The van der Waals surface area contributed by atoms with Gasteiger partial charge in [-0.2, -0.15) is 0 Å². The first-order valence-corrected chi connectivity index (χ1v) is 11.2. The van der Waals surface area contributed by atoms with E-state index in [0.29, 0.717) is 6.42 Å². The van der Waals surface area contributed by atoms with Crippen molar-refractivity contribution in [2.75, 3.05) is 0 Å². The highest BCUT2D eigenvalue weighted by molar-refractivity contribution is 5.59. The minimum Gasteiger partial charge on any atom is -0.377 e. The summed E-state index contributed by atoms with van der Waals surface area (Å²) in [6.07, 6.45) is 2.71. The van der Waals surface area contributed by atoms with E-state index in [2.05, 4.69) is 22.8 Å². The van der Waals surface area contributed by atoms with Gasteiger partial charge in [0.2, 0.25) is 6.33 Å². The molecule has 0 saturated heterocycles. The maximum absolute atomic E-state index is 12.6. The van der Waals surface area contributed by atoms with Gasteiger partial charge >= 0.3 is 5.82 Å². The van der Waals surface area contributed by atoms with Crippen LogP contribution < -0.4 is 4.57 Å². The number of hydrogen-bond donors (Lipinski definition) is 1. The molecule has 0 bridgehead atoms. The molecule has 4 aromatic carbocycles. The van der Waals surface area contributed by atoms with E-state index in [0.717, 1.165) is 28.2 Å². The molecule has 1 atom stereocenters. The summed E-state index contributed by atoms with van der Waals surface area (Å²) in [4.78, 5) is 0. The second-order valence-corrected chi connectivity index (χ2v) is 8.50. The van der Waals surface area contributed by atoms with E-state index in [4.69, 9.17) is 5.10 Å². The van der Waals surface area contributed by atoms with E-state index < -0.39 is 5.60 Å². The van der Waals surface area contributed by atoms with Crippen LogP contribution in [0.3, 0.4) is 0 Å². The second kappa shape index (κ2) is 7.84. The third-order valence-corrected chi connectivity index (χ3v) is 6.62. The van der Waals surface area contributed by atoms with Crippen molar-refractivity contribution in [3.05, 3.63) is 138 Å². The molecular formula is C29H24N3O+. The van der Waals surface area contributed by atoms with Crippen LogP contribution >= 0.6 is 0 Å². The van der Waals surface area contributed by atoms with Crippen molar-refractivity contribution in [3.63, 3.8) is 0 Å². The van der Waals surface area contributed by atoms with Gasteiger partial charge < -0.3 is 5.11 Å². The minimum atomic E-state index is -1.24. The van der Waals surface area contributed by atoms with Gasteiger partial charge in [-0.05, 0) is 34.9 Å². The van der Waals surface area contributed by atoms with Crippen molar-refractivity contribution >= 4 is 0 Å². The number of para-hydroxylation sites is 1. The number of aliphatic hydroxyl groups is 1. The standard InChI is InChI=1S/C29H24N3O/c33-29(23-13-4-1-5-14-23,24-15-6-2-7-16-24)27-20-22-12-10-11-19-26(22)28-30-32(21-31(27)28)25-17-8-3-9-18-25/h1-19,21,27,33H,20H2/q+1/t27-/m0/s1. The smallest absolute Gasteiger partial charge is 0.309 e. The van der Waals surface area contributed by atoms with Crippen LogP contribution in [-0.4, -0.2) is 14.9 Å². The van der Waals surface area contributed by atoms with Gasteiger partial charge in [-0.3, -0.25) is 0 Å². The Labute approximate surface area is 193 Å². The first-order valence-electron chi connectivity index (χ1n) is 11.2. The molecule has 1 N–H and O–H groups in total. The lowest BCUT2D eigenvalue weighted by atomic mass is 9.76. The molecule has 4 nitrogen and oxygen atoms in total. The van der Waals surface area contributed by atoms with E-state index >= 15 is 0 Å². The van der Waals surface area contributed by atoms with E-state index in [-0.39, 0.29) is 6.04 Å². The van der Waals surface area contributed by atoms with E-state index in [1.54, 1.807) is 0 Å². The van der Waals surface area contributed by atoms with Crippen molar-refractivity contribution in [3.8, 4) is 17.1 Å². The number of fused-ring (bicyclic) bond motifs is 3. The zero-order valence-corrected chi connectivity index (χ0v) is 18.1. The number of rotatable bonds is 4. The molecule has 1 aliphatic rings. The molecule has 0 saturated carbocycles. The van der Waals surface area contributed by atoms with Gasteiger partial charge in [0.1, 0.15) is 17.3 Å². The number of benzene rings is 4. The van der Waals surface area contributed by atoms with Crippen LogP contribution in [0.25, 0.3) is 17.1 Å². The lowest BCUT2D eigenvalue weighted by molar-refractivity contribution is -0.730. The predicted molar refractivity (Wildman–Crippen MR) is 128 cm³/mol. The zero-order valence-electron chi connectivity index (χ0n) is 18.1. The monoisotopic (exact) mass is 430 g/mol. The largest absolute Gasteiger partial charge is 0.377 e. The molecule has 2 heterocycles. The Bertz CT molecular complexity index is 1360. The van der Waals surface area contributed by atoms with E-state index in [1.165, 1.54) is 5.56 Å². The molecule has 0 unspecified atom stereocenters. The van der Waals surface area contributed by atoms with Crippen molar-refractivity contribution in [2.45, 2.75) is 18.1 Å². The van der Waals surface area contributed by atoms with Gasteiger partial charge in [0.05, 0.1) is 10.7 Å². The fourth-order valence-corrected chi connectivity index (χ4v) is 4.99. The fourth-order valence-electron chi connectivity index (χ4n) is 4.99. The Morgan fingerprint density at radius 1 is 0.727 bits per heavy atom. The van der Waals surface area contributed by atoms with Crippen LogP contribution in [0.1, 0.15) is 22.7 Å². The Morgan fingerprint density at radius 3 is 1.91 bits per heavy atom. The van der Waals surface area contributed by atoms with Gasteiger partial charge in [0, 0.05) is 6.42 Å². The Kier molecular flexibility index (Phi) is 4.67. The number of hydrogen-bond acceptors (Lipinski definition) is 2. The highest BCUT2D eigenvalue weighted by Crippen LogP contribution is 2.42. The maximum Gasteiger partial charge on any atom is 0.309 e. The molecule has 4 heteroatoms. The molecule has 0 fully saturated rings. The summed E-state index contributed by atoms with van der Waals surface area (Å²) in [5.41, 5.74) is 3.77. The lowest BCUT2D eigenvalue weighted by Gasteiger charge is -2.38. The SMILES string of the molecule is OC(c1ccccc1)(c1ccccc1)[C@@H]1Cc2ccccc2-c2nn(-c3ccccc3)c[n+]21. The van der Waals surface area contributed by atoms with Crippen LogP contribution in [0.5, 0.6) is 0 Å². The summed E-state index contributed by atoms with van der Waals surface area (Å²) in [5, 5.41) is 17.6. The van der Waals surface area contributed by atoms with Gasteiger partial charge in [0.25, 0.3) is 0 Å². The third-order valence-electron chi connectivity index (χ3n) is 6.62.